The number of aryl methyl sites for hydroxylation is 1. The number of hydrogen-bond acceptors (Lipinski definition) is 4. The number of anilines is 2. The Hall–Kier alpha value is -2.48. The van der Waals surface area contributed by atoms with Gasteiger partial charge in [0.25, 0.3) is 15.9 Å². The first kappa shape index (κ1) is 21.2. The van der Waals surface area contributed by atoms with Crippen LogP contribution in [0.15, 0.2) is 76.5 Å². The van der Waals surface area contributed by atoms with E-state index in [-0.39, 0.29) is 10.8 Å². The molecule has 0 aromatic heterocycles. The van der Waals surface area contributed by atoms with E-state index in [1.54, 1.807) is 49.4 Å². The van der Waals surface area contributed by atoms with Crippen LogP contribution in [0.5, 0.6) is 0 Å². The van der Waals surface area contributed by atoms with Crippen molar-refractivity contribution >= 4 is 50.7 Å². The van der Waals surface area contributed by atoms with Crippen LogP contribution in [-0.4, -0.2) is 20.6 Å². The first-order chi connectivity index (χ1) is 13.8. The third-order valence-electron chi connectivity index (χ3n) is 4.21. The van der Waals surface area contributed by atoms with E-state index in [1.807, 2.05) is 18.4 Å². The normalized spacial score (nSPS) is 11.1. The zero-order valence-electron chi connectivity index (χ0n) is 15.8. The molecular formula is C21H19ClN2O3S2. The summed E-state index contributed by atoms with van der Waals surface area (Å²) in [6, 6.07) is 18.3. The van der Waals surface area contributed by atoms with Crippen molar-refractivity contribution in [3.8, 4) is 0 Å². The molecule has 0 saturated heterocycles. The number of thioether (sulfide) groups is 1. The predicted molar refractivity (Wildman–Crippen MR) is 120 cm³/mol. The van der Waals surface area contributed by atoms with Gasteiger partial charge < -0.3 is 5.32 Å². The maximum Gasteiger partial charge on any atom is 0.261 e. The highest BCUT2D eigenvalue weighted by Gasteiger charge is 2.17. The average molecular weight is 447 g/mol. The second kappa shape index (κ2) is 8.90. The van der Waals surface area contributed by atoms with Crippen molar-refractivity contribution in [2.45, 2.75) is 16.7 Å². The summed E-state index contributed by atoms with van der Waals surface area (Å²) in [6.07, 6.45) is 1.88. The van der Waals surface area contributed by atoms with E-state index < -0.39 is 10.0 Å². The van der Waals surface area contributed by atoms with Gasteiger partial charge in [-0.3, -0.25) is 9.52 Å². The lowest BCUT2D eigenvalue weighted by Crippen LogP contribution is -2.15. The first-order valence-electron chi connectivity index (χ1n) is 8.63. The van der Waals surface area contributed by atoms with Crippen LogP contribution in [0.1, 0.15) is 15.9 Å². The number of hydrogen-bond donors (Lipinski definition) is 2. The van der Waals surface area contributed by atoms with E-state index in [0.717, 1.165) is 4.90 Å². The van der Waals surface area contributed by atoms with Gasteiger partial charge in [0.15, 0.2) is 0 Å². The number of carbonyl (C=O) groups excluding carboxylic acids is 1. The van der Waals surface area contributed by atoms with Gasteiger partial charge >= 0.3 is 0 Å². The molecule has 2 N–H and O–H groups in total. The molecule has 0 bridgehead atoms. The quantitative estimate of drug-likeness (QED) is 0.495. The van der Waals surface area contributed by atoms with Gasteiger partial charge in [-0.15, -0.1) is 11.8 Å². The minimum atomic E-state index is -3.76. The minimum Gasteiger partial charge on any atom is -0.322 e. The third kappa shape index (κ3) is 5.12. The number of rotatable bonds is 6. The highest BCUT2D eigenvalue weighted by molar-refractivity contribution is 7.99. The van der Waals surface area contributed by atoms with Crippen LogP contribution in [0.2, 0.25) is 5.02 Å². The highest BCUT2D eigenvalue weighted by atomic mass is 35.5. The second-order valence-electron chi connectivity index (χ2n) is 6.24. The molecule has 150 valence electrons. The Balaban J connectivity index is 1.81. The number of halogens is 1. The summed E-state index contributed by atoms with van der Waals surface area (Å²) < 4.78 is 28.2. The fourth-order valence-electron chi connectivity index (χ4n) is 2.67. The molecule has 3 rings (SSSR count). The Morgan fingerprint density at radius 3 is 2.31 bits per heavy atom. The standard InChI is InChI=1S/C21H19ClN2O3S2/c1-14-13-17(29(26,27)24-19-5-3-4-6-20(19)28-2)11-12-18(14)23-21(25)15-7-9-16(22)10-8-15/h3-13,24H,1-2H3,(H,23,25). The number of nitrogens with one attached hydrogen (secondary N) is 2. The van der Waals surface area contributed by atoms with Crippen molar-refractivity contribution < 1.29 is 13.2 Å². The van der Waals surface area contributed by atoms with Gasteiger partial charge in [0, 0.05) is 21.2 Å². The molecule has 3 aromatic rings. The predicted octanol–water partition coefficient (Wildman–Crippen LogP) is 5.42. The molecule has 0 heterocycles. The Labute approximate surface area is 179 Å². The molecule has 0 unspecified atom stereocenters. The molecular weight excluding hydrogens is 428 g/mol. The number of sulfonamides is 1. The van der Waals surface area contributed by atoms with Gasteiger partial charge in [-0.25, -0.2) is 8.42 Å². The van der Waals surface area contributed by atoms with E-state index in [2.05, 4.69) is 10.0 Å². The highest BCUT2D eigenvalue weighted by Crippen LogP contribution is 2.28. The molecule has 0 radical (unpaired) electrons. The number of carbonyl (C=O) groups is 1. The van der Waals surface area contributed by atoms with E-state index in [0.29, 0.717) is 27.5 Å². The number of para-hydroxylation sites is 1. The maximum absolute atomic E-state index is 12.8. The molecule has 0 spiro atoms. The van der Waals surface area contributed by atoms with Crippen molar-refractivity contribution in [3.63, 3.8) is 0 Å². The zero-order chi connectivity index (χ0) is 21.0. The van der Waals surface area contributed by atoms with Gasteiger partial charge in [-0.05, 0) is 73.3 Å². The summed E-state index contributed by atoms with van der Waals surface area (Å²) in [5.41, 5.74) is 2.15. The van der Waals surface area contributed by atoms with Crippen LogP contribution in [0.25, 0.3) is 0 Å². The zero-order valence-corrected chi connectivity index (χ0v) is 18.2. The van der Waals surface area contributed by atoms with Gasteiger partial charge in [-0.1, -0.05) is 23.7 Å². The molecule has 0 atom stereocenters. The van der Waals surface area contributed by atoms with E-state index in [9.17, 15) is 13.2 Å². The molecule has 3 aromatic carbocycles. The van der Waals surface area contributed by atoms with Crippen molar-refractivity contribution in [1.29, 1.82) is 0 Å². The molecule has 8 heteroatoms. The van der Waals surface area contributed by atoms with E-state index >= 15 is 0 Å². The fourth-order valence-corrected chi connectivity index (χ4v) is 4.58. The second-order valence-corrected chi connectivity index (χ2v) is 9.21. The van der Waals surface area contributed by atoms with Crippen LogP contribution in [0.4, 0.5) is 11.4 Å². The van der Waals surface area contributed by atoms with Gasteiger partial charge in [0.05, 0.1) is 10.6 Å². The van der Waals surface area contributed by atoms with E-state index in [1.165, 1.54) is 23.9 Å². The van der Waals surface area contributed by atoms with Crippen LogP contribution >= 0.6 is 23.4 Å². The lowest BCUT2D eigenvalue weighted by atomic mass is 10.1. The molecule has 0 saturated carbocycles. The topological polar surface area (TPSA) is 75.3 Å². The summed E-state index contributed by atoms with van der Waals surface area (Å²) in [7, 11) is -3.76. The fraction of sp³-hybridized carbons (Fsp3) is 0.0952. The summed E-state index contributed by atoms with van der Waals surface area (Å²) in [4.78, 5) is 13.3. The number of amides is 1. The largest absolute Gasteiger partial charge is 0.322 e. The van der Waals surface area contributed by atoms with Crippen molar-refractivity contribution in [3.05, 3.63) is 82.9 Å². The van der Waals surface area contributed by atoms with Gasteiger partial charge in [0.2, 0.25) is 0 Å². The molecule has 0 aliphatic carbocycles. The average Bonchev–Trinajstić information content (AvgIpc) is 2.70. The maximum atomic E-state index is 12.8. The molecule has 0 aliphatic rings. The lowest BCUT2D eigenvalue weighted by Gasteiger charge is -2.13. The summed E-state index contributed by atoms with van der Waals surface area (Å²) in [5.74, 6) is -0.299. The SMILES string of the molecule is CSc1ccccc1NS(=O)(=O)c1ccc(NC(=O)c2ccc(Cl)cc2)c(C)c1. The van der Waals surface area contributed by atoms with Crippen molar-refractivity contribution in [1.82, 2.24) is 0 Å². The molecule has 0 fully saturated rings. The van der Waals surface area contributed by atoms with Crippen LogP contribution < -0.4 is 10.0 Å². The summed E-state index contributed by atoms with van der Waals surface area (Å²) >= 11 is 7.30. The van der Waals surface area contributed by atoms with Gasteiger partial charge in [-0.2, -0.15) is 0 Å². The smallest absolute Gasteiger partial charge is 0.261 e. The van der Waals surface area contributed by atoms with Crippen molar-refractivity contribution in [2.24, 2.45) is 0 Å². The first-order valence-corrected chi connectivity index (χ1v) is 11.7. The summed E-state index contributed by atoms with van der Waals surface area (Å²) in [5, 5.41) is 3.34. The monoisotopic (exact) mass is 446 g/mol. The Morgan fingerprint density at radius 2 is 1.66 bits per heavy atom. The van der Waals surface area contributed by atoms with Crippen LogP contribution in [-0.2, 0) is 10.0 Å². The Bertz CT molecular complexity index is 1150. The summed E-state index contributed by atoms with van der Waals surface area (Å²) in [6.45, 7) is 1.74. The van der Waals surface area contributed by atoms with Crippen LogP contribution in [0.3, 0.4) is 0 Å². The molecule has 29 heavy (non-hydrogen) atoms. The van der Waals surface area contributed by atoms with Gasteiger partial charge in [0.1, 0.15) is 0 Å². The molecule has 0 aliphatic heterocycles. The Kier molecular flexibility index (Phi) is 6.52. The molecule has 5 nitrogen and oxygen atoms in total. The van der Waals surface area contributed by atoms with Crippen LogP contribution in [0, 0.1) is 6.92 Å². The third-order valence-corrected chi connectivity index (χ3v) is 6.63. The van der Waals surface area contributed by atoms with E-state index in [4.69, 9.17) is 11.6 Å². The molecule has 1 amide bonds. The lowest BCUT2D eigenvalue weighted by molar-refractivity contribution is 0.102. The number of benzene rings is 3. The van der Waals surface area contributed by atoms with Crippen molar-refractivity contribution in [2.75, 3.05) is 16.3 Å². The minimum absolute atomic E-state index is 0.121. The Morgan fingerprint density at radius 1 is 0.966 bits per heavy atom.